The van der Waals surface area contributed by atoms with Crippen LogP contribution in [0.2, 0.25) is 0 Å². The lowest BCUT2D eigenvalue weighted by Crippen LogP contribution is -2.33. The molecule has 27 heavy (non-hydrogen) atoms. The molecule has 0 spiro atoms. The molecule has 1 aliphatic heterocycles. The van der Waals surface area contributed by atoms with Gasteiger partial charge in [0.05, 0.1) is 11.7 Å². The number of nitrogens with two attached hydrogens (primary N) is 1. The minimum absolute atomic E-state index is 0.00808. The Morgan fingerprint density at radius 1 is 1.37 bits per heavy atom. The van der Waals surface area contributed by atoms with E-state index in [2.05, 4.69) is 17.2 Å². The second kappa shape index (κ2) is 7.06. The summed E-state index contributed by atoms with van der Waals surface area (Å²) in [6, 6.07) is 5.52. The van der Waals surface area contributed by atoms with Crippen molar-refractivity contribution in [3.05, 3.63) is 24.4 Å². The third kappa shape index (κ3) is 3.54. The molecule has 1 aromatic heterocycles. The van der Waals surface area contributed by atoms with Crippen LogP contribution in [0.3, 0.4) is 0 Å². The third-order valence-electron chi connectivity index (χ3n) is 5.18. The Kier molecular flexibility index (Phi) is 4.59. The number of nitrogens with zero attached hydrogens (tertiary/aromatic N) is 2. The minimum atomic E-state index is -0.342. The number of ether oxygens (including phenoxy) is 1. The third-order valence-corrected chi connectivity index (χ3v) is 5.18. The molecule has 1 saturated heterocycles. The largest absolute Gasteiger partial charge is 0.447 e. The summed E-state index contributed by atoms with van der Waals surface area (Å²) in [5.74, 6) is 0.619. The highest BCUT2D eigenvalue weighted by Gasteiger charge is 2.34. The molecule has 2 amide bonds. The summed E-state index contributed by atoms with van der Waals surface area (Å²) in [7, 11) is 0. The highest BCUT2D eigenvalue weighted by atomic mass is 16.6. The second-order valence-corrected chi connectivity index (χ2v) is 7.33. The summed E-state index contributed by atoms with van der Waals surface area (Å²) < 4.78 is 5.27. The SMILES string of the molecule is CCCCC1COC(=O)N1c1cc(N)c2cnc(NC(=O)C3CC3)cc2c1. The van der Waals surface area contributed by atoms with E-state index in [0.29, 0.717) is 23.8 Å². The summed E-state index contributed by atoms with van der Waals surface area (Å²) in [5.41, 5.74) is 7.48. The molecule has 1 unspecified atom stereocenters. The quantitative estimate of drug-likeness (QED) is 0.758. The molecular weight excluding hydrogens is 344 g/mol. The van der Waals surface area contributed by atoms with Crippen LogP contribution in [0.25, 0.3) is 10.8 Å². The van der Waals surface area contributed by atoms with Crippen molar-refractivity contribution in [1.29, 1.82) is 0 Å². The Bertz CT molecular complexity index is 894. The number of cyclic esters (lactones) is 1. The van der Waals surface area contributed by atoms with Gasteiger partial charge in [-0.05, 0) is 42.8 Å². The standard InChI is InChI=1S/C20H24N4O3/c1-2-3-4-14-11-27-20(26)24(14)15-7-13-8-18(23-19(25)12-5-6-12)22-10-16(13)17(21)9-15/h7-10,12,14H,2-6,11,21H2,1H3,(H,22,23,25). The number of aromatic nitrogens is 1. The minimum Gasteiger partial charge on any atom is -0.447 e. The smallest absolute Gasteiger partial charge is 0.414 e. The van der Waals surface area contributed by atoms with Crippen molar-refractivity contribution in [2.75, 3.05) is 22.6 Å². The maximum Gasteiger partial charge on any atom is 0.414 e. The zero-order valence-corrected chi connectivity index (χ0v) is 15.4. The summed E-state index contributed by atoms with van der Waals surface area (Å²) in [6.45, 7) is 2.52. The monoisotopic (exact) mass is 368 g/mol. The number of unbranched alkanes of at least 4 members (excludes halogenated alkanes) is 1. The maximum absolute atomic E-state index is 12.3. The average molecular weight is 368 g/mol. The van der Waals surface area contributed by atoms with Gasteiger partial charge in [0.2, 0.25) is 5.91 Å². The van der Waals surface area contributed by atoms with E-state index in [0.717, 1.165) is 42.9 Å². The number of pyridine rings is 1. The van der Waals surface area contributed by atoms with E-state index in [1.54, 1.807) is 23.2 Å². The number of benzene rings is 1. The van der Waals surface area contributed by atoms with E-state index in [4.69, 9.17) is 10.5 Å². The summed E-state index contributed by atoms with van der Waals surface area (Å²) >= 11 is 0. The molecule has 0 radical (unpaired) electrons. The number of nitrogens with one attached hydrogen (secondary N) is 1. The number of hydrogen-bond donors (Lipinski definition) is 2. The van der Waals surface area contributed by atoms with Gasteiger partial charge >= 0.3 is 6.09 Å². The van der Waals surface area contributed by atoms with Crippen molar-refractivity contribution < 1.29 is 14.3 Å². The number of anilines is 3. The van der Waals surface area contributed by atoms with Gasteiger partial charge in [0.15, 0.2) is 0 Å². The van der Waals surface area contributed by atoms with E-state index in [9.17, 15) is 9.59 Å². The number of fused-ring (bicyclic) bond motifs is 1. The molecule has 0 bridgehead atoms. The first-order valence-corrected chi connectivity index (χ1v) is 9.53. The van der Waals surface area contributed by atoms with E-state index >= 15 is 0 Å². The zero-order chi connectivity index (χ0) is 19.0. The normalized spacial score (nSPS) is 19.4. The van der Waals surface area contributed by atoms with Crippen LogP contribution >= 0.6 is 0 Å². The molecule has 1 aliphatic carbocycles. The maximum atomic E-state index is 12.3. The van der Waals surface area contributed by atoms with Gasteiger partial charge in [-0.2, -0.15) is 0 Å². The van der Waals surface area contributed by atoms with E-state index in [1.807, 2.05) is 6.07 Å². The predicted molar refractivity (Wildman–Crippen MR) is 105 cm³/mol. The van der Waals surface area contributed by atoms with Gasteiger partial charge < -0.3 is 15.8 Å². The van der Waals surface area contributed by atoms with Crippen LogP contribution in [0, 0.1) is 5.92 Å². The molecule has 7 nitrogen and oxygen atoms in total. The van der Waals surface area contributed by atoms with Crippen LogP contribution in [0.4, 0.5) is 22.0 Å². The number of carbonyl (C=O) groups is 2. The Morgan fingerprint density at radius 2 is 2.19 bits per heavy atom. The Balaban J connectivity index is 1.66. The van der Waals surface area contributed by atoms with Crippen molar-refractivity contribution in [1.82, 2.24) is 4.98 Å². The lowest BCUT2D eigenvalue weighted by molar-refractivity contribution is -0.117. The Labute approximate surface area is 157 Å². The molecule has 3 N–H and O–H groups in total. The fourth-order valence-corrected chi connectivity index (χ4v) is 3.48. The molecule has 2 fully saturated rings. The average Bonchev–Trinajstić information content (AvgIpc) is 3.43. The van der Waals surface area contributed by atoms with Gasteiger partial charge in [-0.25, -0.2) is 9.78 Å². The summed E-state index contributed by atoms with van der Waals surface area (Å²) in [6.07, 6.45) is 6.18. The zero-order valence-electron chi connectivity index (χ0n) is 15.4. The topological polar surface area (TPSA) is 97.6 Å². The number of hydrogen-bond acceptors (Lipinski definition) is 5. The van der Waals surface area contributed by atoms with Crippen LogP contribution in [0.15, 0.2) is 24.4 Å². The van der Waals surface area contributed by atoms with Gasteiger partial charge in [0.25, 0.3) is 0 Å². The first-order chi connectivity index (χ1) is 13.1. The van der Waals surface area contributed by atoms with Crippen LogP contribution in [0.5, 0.6) is 0 Å². The number of carbonyl (C=O) groups excluding carboxylic acids is 2. The molecule has 7 heteroatoms. The Morgan fingerprint density at radius 3 is 2.93 bits per heavy atom. The first-order valence-electron chi connectivity index (χ1n) is 9.53. The van der Waals surface area contributed by atoms with Crippen LogP contribution in [-0.4, -0.2) is 29.6 Å². The Hall–Kier alpha value is -2.83. The lowest BCUT2D eigenvalue weighted by Gasteiger charge is -2.22. The molecule has 1 atom stereocenters. The van der Waals surface area contributed by atoms with Crippen molar-refractivity contribution in [2.45, 2.75) is 45.1 Å². The van der Waals surface area contributed by atoms with Crippen molar-refractivity contribution in [3.63, 3.8) is 0 Å². The van der Waals surface area contributed by atoms with E-state index in [1.165, 1.54) is 0 Å². The molecular formula is C20H24N4O3. The fourth-order valence-electron chi connectivity index (χ4n) is 3.48. The van der Waals surface area contributed by atoms with Crippen molar-refractivity contribution in [2.24, 2.45) is 5.92 Å². The predicted octanol–water partition coefficient (Wildman–Crippen LogP) is 3.68. The van der Waals surface area contributed by atoms with Crippen LogP contribution in [0.1, 0.15) is 39.0 Å². The highest BCUT2D eigenvalue weighted by molar-refractivity contribution is 6.01. The van der Waals surface area contributed by atoms with Gasteiger partial charge in [0.1, 0.15) is 12.4 Å². The molecule has 4 rings (SSSR count). The van der Waals surface area contributed by atoms with E-state index < -0.39 is 0 Å². The van der Waals surface area contributed by atoms with Gasteiger partial charge in [0, 0.05) is 23.2 Å². The summed E-state index contributed by atoms with van der Waals surface area (Å²) in [4.78, 5) is 30.3. The molecule has 142 valence electrons. The fraction of sp³-hybridized carbons (Fsp3) is 0.450. The molecule has 1 aromatic carbocycles. The number of nitrogen functional groups attached to an aromatic ring is 1. The van der Waals surface area contributed by atoms with Crippen LogP contribution in [-0.2, 0) is 9.53 Å². The molecule has 2 aliphatic rings. The molecule has 1 saturated carbocycles. The van der Waals surface area contributed by atoms with Gasteiger partial charge in [-0.1, -0.05) is 19.8 Å². The number of amides is 2. The number of rotatable bonds is 6. The first kappa shape index (κ1) is 17.6. The molecule has 2 aromatic rings. The van der Waals surface area contributed by atoms with E-state index in [-0.39, 0.29) is 24.0 Å². The second-order valence-electron chi connectivity index (χ2n) is 7.33. The lowest BCUT2D eigenvalue weighted by atomic mass is 10.1. The van der Waals surface area contributed by atoms with Crippen molar-refractivity contribution in [3.8, 4) is 0 Å². The summed E-state index contributed by atoms with van der Waals surface area (Å²) in [5, 5.41) is 4.48. The highest BCUT2D eigenvalue weighted by Crippen LogP contribution is 2.34. The van der Waals surface area contributed by atoms with Gasteiger partial charge in [-0.15, -0.1) is 0 Å². The van der Waals surface area contributed by atoms with Crippen molar-refractivity contribution >= 4 is 40.0 Å². The molecule has 2 heterocycles. The van der Waals surface area contributed by atoms with Gasteiger partial charge in [-0.3, -0.25) is 9.69 Å². The van der Waals surface area contributed by atoms with Crippen LogP contribution < -0.4 is 16.0 Å².